The summed E-state index contributed by atoms with van der Waals surface area (Å²) < 4.78 is 12.2. The number of hydrogen-bond donors (Lipinski definition) is 0. The van der Waals surface area contributed by atoms with Crippen LogP contribution in [-0.2, 0) is 4.74 Å². The van der Waals surface area contributed by atoms with Crippen LogP contribution in [0.3, 0.4) is 0 Å². The fourth-order valence-corrected chi connectivity index (χ4v) is 5.00. The van der Waals surface area contributed by atoms with E-state index in [1.165, 1.54) is 0 Å². The minimum Gasteiger partial charge on any atom is -0.482 e. The number of para-hydroxylation sites is 1. The van der Waals surface area contributed by atoms with Gasteiger partial charge in [-0.05, 0) is 76.5 Å². The van der Waals surface area contributed by atoms with E-state index in [0.717, 1.165) is 33.6 Å². The van der Waals surface area contributed by atoms with Crippen molar-refractivity contribution in [1.82, 2.24) is 9.80 Å². The highest BCUT2D eigenvalue weighted by atomic mass is 16.6. The number of nitrogens with zero attached hydrogens (tertiary/aromatic N) is 2. The molecule has 36 heavy (non-hydrogen) atoms. The standard InChI is InChI=1S/C30H38N2O4/c1-7-31(8-2)27(33)23-14-13-22(19-21(23)3)25-20-30(35-26-12-10-9-11-24(25)26)15-17-32(18-16-30)28(34)36-29(4,5)6/h9-14,19-20H,7-8,15-18H2,1-6H3. The second kappa shape index (κ2) is 10.00. The number of rotatable bonds is 4. The Morgan fingerprint density at radius 1 is 1.06 bits per heavy atom. The lowest BCUT2D eigenvalue weighted by molar-refractivity contribution is -0.00117. The van der Waals surface area contributed by atoms with E-state index in [1.54, 1.807) is 4.90 Å². The third kappa shape index (κ3) is 5.28. The first-order valence-electron chi connectivity index (χ1n) is 13.0. The van der Waals surface area contributed by atoms with Crippen LogP contribution >= 0.6 is 0 Å². The van der Waals surface area contributed by atoms with Crippen molar-refractivity contribution < 1.29 is 19.1 Å². The maximum Gasteiger partial charge on any atom is 0.410 e. The van der Waals surface area contributed by atoms with Gasteiger partial charge in [-0.15, -0.1) is 0 Å². The number of aryl methyl sites for hydroxylation is 1. The zero-order valence-electron chi connectivity index (χ0n) is 22.4. The number of fused-ring (bicyclic) bond motifs is 1. The highest BCUT2D eigenvalue weighted by molar-refractivity contribution is 5.96. The van der Waals surface area contributed by atoms with Crippen molar-refractivity contribution in [2.45, 2.75) is 65.6 Å². The SMILES string of the molecule is CCN(CC)C(=O)c1ccc(C2=CC3(CCN(C(=O)OC(C)(C)C)CC3)Oc3ccccc32)cc1C. The normalized spacial score (nSPS) is 16.6. The number of carbonyl (C=O) groups is 2. The molecule has 192 valence electrons. The third-order valence-corrected chi connectivity index (χ3v) is 6.98. The molecule has 6 nitrogen and oxygen atoms in total. The van der Waals surface area contributed by atoms with Gasteiger partial charge in [0.2, 0.25) is 0 Å². The van der Waals surface area contributed by atoms with Gasteiger partial charge >= 0.3 is 6.09 Å². The molecular weight excluding hydrogens is 452 g/mol. The van der Waals surface area contributed by atoms with Crippen LogP contribution in [0.5, 0.6) is 5.75 Å². The van der Waals surface area contributed by atoms with Crippen molar-refractivity contribution in [1.29, 1.82) is 0 Å². The summed E-state index contributed by atoms with van der Waals surface area (Å²) in [6, 6.07) is 14.2. The fourth-order valence-electron chi connectivity index (χ4n) is 5.00. The first kappa shape index (κ1) is 25.8. The molecular formula is C30H38N2O4. The number of piperidine rings is 1. The van der Waals surface area contributed by atoms with Gasteiger partial charge in [-0.3, -0.25) is 4.79 Å². The minimum atomic E-state index is -0.518. The molecule has 0 atom stereocenters. The molecule has 0 aromatic heterocycles. The Morgan fingerprint density at radius 3 is 2.33 bits per heavy atom. The zero-order valence-corrected chi connectivity index (χ0v) is 22.4. The second-order valence-electron chi connectivity index (χ2n) is 10.7. The molecule has 2 aliphatic heterocycles. The molecule has 2 aromatic carbocycles. The van der Waals surface area contributed by atoms with Crippen molar-refractivity contribution in [3.63, 3.8) is 0 Å². The average Bonchev–Trinajstić information content (AvgIpc) is 2.83. The minimum absolute atomic E-state index is 0.0661. The second-order valence-corrected chi connectivity index (χ2v) is 10.7. The summed E-state index contributed by atoms with van der Waals surface area (Å²) >= 11 is 0. The molecule has 0 N–H and O–H groups in total. The highest BCUT2D eigenvalue weighted by Gasteiger charge is 2.40. The van der Waals surface area contributed by atoms with Gasteiger partial charge in [0.05, 0.1) is 0 Å². The lowest BCUT2D eigenvalue weighted by atomic mass is 9.82. The predicted molar refractivity (Wildman–Crippen MR) is 142 cm³/mol. The van der Waals surface area contributed by atoms with Crippen LogP contribution in [0, 0.1) is 6.92 Å². The summed E-state index contributed by atoms with van der Waals surface area (Å²) in [5.74, 6) is 0.915. The molecule has 0 saturated carbocycles. The van der Waals surface area contributed by atoms with E-state index in [1.807, 2.05) is 76.8 Å². The molecule has 4 rings (SSSR count). The molecule has 0 unspecified atom stereocenters. The molecule has 0 radical (unpaired) electrons. The molecule has 0 aliphatic carbocycles. The summed E-state index contributed by atoms with van der Waals surface area (Å²) in [6.07, 6.45) is 3.31. The lowest BCUT2D eigenvalue weighted by Gasteiger charge is -2.43. The Hall–Kier alpha value is -3.28. The Balaban J connectivity index is 1.64. The summed E-state index contributed by atoms with van der Waals surface area (Å²) in [4.78, 5) is 29.2. The van der Waals surface area contributed by atoms with E-state index < -0.39 is 11.2 Å². The summed E-state index contributed by atoms with van der Waals surface area (Å²) in [6.45, 7) is 14.2. The van der Waals surface area contributed by atoms with Gasteiger partial charge in [0.25, 0.3) is 5.91 Å². The van der Waals surface area contributed by atoms with E-state index >= 15 is 0 Å². The number of carbonyl (C=O) groups excluding carboxylic acids is 2. The van der Waals surface area contributed by atoms with Gasteiger partial charge in [0, 0.05) is 50.1 Å². The van der Waals surface area contributed by atoms with Crippen LogP contribution in [0.1, 0.15) is 74.5 Å². The fraction of sp³-hybridized carbons (Fsp3) is 0.467. The smallest absolute Gasteiger partial charge is 0.410 e. The van der Waals surface area contributed by atoms with Gasteiger partial charge in [0.1, 0.15) is 17.0 Å². The Labute approximate surface area is 214 Å². The Morgan fingerprint density at radius 2 is 1.72 bits per heavy atom. The van der Waals surface area contributed by atoms with Gasteiger partial charge in [0.15, 0.2) is 0 Å². The summed E-state index contributed by atoms with van der Waals surface area (Å²) in [5, 5.41) is 0. The molecule has 0 bridgehead atoms. The van der Waals surface area contributed by atoms with Crippen molar-refractivity contribution in [2.24, 2.45) is 0 Å². The molecule has 1 spiro atoms. The van der Waals surface area contributed by atoms with Crippen molar-refractivity contribution in [2.75, 3.05) is 26.2 Å². The van der Waals surface area contributed by atoms with Gasteiger partial charge in [-0.1, -0.05) is 30.3 Å². The summed E-state index contributed by atoms with van der Waals surface area (Å²) in [5.41, 5.74) is 3.90. The molecule has 2 aromatic rings. The monoisotopic (exact) mass is 490 g/mol. The van der Waals surface area contributed by atoms with Gasteiger partial charge < -0.3 is 19.3 Å². The molecule has 1 fully saturated rings. The van der Waals surface area contributed by atoms with Crippen LogP contribution in [0.4, 0.5) is 4.79 Å². The quantitative estimate of drug-likeness (QED) is 0.522. The van der Waals surface area contributed by atoms with E-state index in [2.05, 4.69) is 18.2 Å². The topological polar surface area (TPSA) is 59.1 Å². The van der Waals surface area contributed by atoms with Crippen molar-refractivity contribution in [3.8, 4) is 5.75 Å². The largest absolute Gasteiger partial charge is 0.482 e. The van der Waals surface area contributed by atoms with Crippen LogP contribution < -0.4 is 4.74 Å². The third-order valence-electron chi connectivity index (χ3n) is 6.98. The number of benzene rings is 2. The number of likely N-dealkylation sites (tertiary alicyclic amines) is 1. The lowest BCUT2D eigenvalue weighted by Crippen LogP contribution is -2.50. The summed E-state index contributed by atoms with van der Waals surface area (Å²) in [7, 11) is 0. The zero-order chi connectivity index (χ0) is 26.1. The van der Waals surface area contributed by atoms with Gasteiger partial charge in [-0.25, -0.2) is 4.79 Å². The van der Waals surface area contributed by atoms with E-state index in [-0.39, 0.29) is 12.0 Å². The van der Waals surface area contributed by atoms with E-state index in [4.69, 9.17) is 9.47 Å². The number of ether oxygens (including phenoxy) is 2. The Bertz CT molecular complexity index is 1170. The molecule has 2 aliphatic rings. The maximum atomic E-state index is 13.0. The Kier molecular flexibility index (Phi) is 7.17. The van der Waals surface area contributed by atoms with E-state index in [0.29, 0.717) is 39.0 Å². The highest BCUT2D eigenvalue weighted by Crippen LogP contribution is 2.43. The van der Waals surface area contributed by atoms with Crippen LogP contribution in [-0.4, -0.2) is 59.2 Å². The first-order valence-corrected chi connectivity index (χ1v) is 13.0. The van der Waals surface area contributed by atoms with Gasteiger partial charge in [-0.2, -0.15) is 0 Å². The van der Waals surface area contributed by atoms with Crippen molar-refractivity contribution in [3.05, 3.63) is 70.8 Å². The number of amides is 2. The average molecular weight is 491 g/mol. The van der Waals surface area contributed by atoms with Crippen LogP contribution in [0.2, 0.25) is 0 Å². The molecule has 6 heteroatoms. The van der Waals surface area contributed by atoms with E-state index in [9.17, 15) is 9.59 Å². The molecule has 1 saturated heterocycles. The predicted octanol–water partition coefficient (Wildman–Crippen LogP) is 6.07. The first-order chi connectivity index (χ1) is 17.1. The van der Waals surface area contributed by atoms with Crippen LogP contribution in [0.15, 0.2) is 48.5 Å². The van der Waals surface area contributed by atoms with Crippen molar-refractivity contribution >= 4 is 17.6 Å². The molecule has 2 amide bonds. The maximum absolute atomic E-state index is 13.0. The molecule has 2 heterocycles. The van der Waals surface area contributed by atoms with Crippen LogP contribution in [0.25, 0.3) is 5.57 Å². The number of hydrogen-bond acceptors (Lipinski definition) is 4.